The van der Waals surface area contributed by atoms with Crippen LogP contribution in [0.25, 0.3) is 0 Å². The monoisotopic (exact) mass is 371 g/mol. The van der Waals surface area contributed by atoms with Crippen molar-refractivity contribution in [1.29, 1.82) is 0 Å². The second kappa shape index (κ2) is 7.13. The number of benzene rings is 1. The Morgan fingerprint density at radius 1 is 1.42 bits per heavy atom. The zero-order valence-corrected chi connectivity index (χ0v) is 15.4. The fraction of sp³-hybridized carbons (Fsp3) is 0.500. The molecule has 2 rings (SSSR count). The Labute approximate surface area is 143 Å². The molecule has 1 atom stereocenters. The van der Waals surface area contributed by atoms with Gasteiger partial charge >= 0.3 is 0 Å². The van der Waals surface area contributed by atoms with Crippen LogP contribution in [0.15, 0.2) is 23.1 Å². The van der Waals surface area contributed by atoms with Crippen LogP contribution >= 0.6 is 0 Å². The highest BCUT2D eigenvalue weighted by Crippen LogP contribution is 2.28. The molecule has 1 heterocycles. The summed E-state index contributed by atoms with van der Waals surface area (Å²) in [5, 5.41) is 0. The Balaban J connectivity index is 2.40. The fourth-order valence-corrected chi connectivity index (χ4v) is 6.40. The Morgan fingerprint density at radius 3 is 2.62 bits per heavy atom. The van der Waals surface area contributed by atoms with E-state index < -0.39 is 25.9 Å². The highest BCUT2D eigenvalue weighted by molar-refractivity contribution is 7.92. The minimum Gasteiger partial charge on any atom is -0.494 e. The van der Waals surface area contributed by atoms with Gasteiger partial charge in [-0.3, -0.25) is 0 Å². The number of aryl methyl sites for hydroxylation is 1. The van der Waals surface area contributed by atoms with Crippen LogP contribution in [0.4, 0.5) is 0 Å². The highest BCUT2D eigenvalue weighted by atomic mass is 32.2. The smallest absolute Gasteiger partial charge is 0.244 e. The van der Waals surface area contributed by atoms with Gasteiger partial charge in [0.05, 0.1) is 29.6 Å². The first-order valence-corrected chi connectivity index (χ1v) is 10.9. The van der Waals surface area contributed by atoms with Crippen molar-refractivity contribution in [2.24, 2.45) is 0 Å². The van der Waals surface area contributed by atoms with Crippen molar-refractivity contribution in [1.82, 2.24) is 4.31 Å². The van der Waals surface area contributed by atoms with Gasteiger partial charge in [-0.2, -0.15) is 4.31 Å². The van der Waals surface area contributed by atoms with Crippen LogP contribution in [0.3, 0.4) is 0 Å². The molecule has 1 saturated heterocycles. The summed E-state index contributed by atoms with van der Waals surface area (Å²) in [6.07, 6.45) is 5.58. The van der Waals surface area contributed by atoms with Crippen LogP contribution in [-0.4, -0.2) is 51.8 Å². The molecule has 1 aliphatic heterocycles. The second-order valence-corrected chi connectivity index (χ2v) is 9.76. The fourth-order valence-electron chi connectivity index (χ4n) is 2.80. The van der Waals surface area contributed by atoms with Crippen LogP contribution in [0.5, 0.6) is 5.75 Å². The summed E-state index contributed by atoms with van der Waals surface area (Å²) in [7, 11) is -7.11. The summed E-state index contributed by atoms with van der Waals surface area (Å²) < 4.78 is 55.9. The first-order valence-electron chi connectivity index (χ1n) is 7.60. The third kappa shape index (κ3) is 3.91. The van der Waals surface area contributed by atoms with Crippen molar-refractivity contribution in [3.05, 3.63) is 23.8 Å². The van der Waals surface area contributed by atoms with E-state index in [0.29, 0.717) is 17.9 Å². The SMILES string of the molecule is C#CCN([C@H]1CCS(=O)(=O)C1)S(=O)(=O)c1ccc(OCC)cc1C. The van der Waals surface area contributed by atoms with E-state index in [0.717, 1.165) is 4.31 Å². The maximum atomic E-state index is 13.0. The summed E-state index contributed by atoms with van der Waals surface area (Å²) in [5.41, 5.74) is 0.531. The molecule has 0 amide bonds. The molecule has 0 N–H and O–H groups in total. The van der Waals surface area contributed by atoms with Gasteiger partial charge in [0, 0.05) is 6.04 Å². The summed E-state index contributed by atoms with van der Waals surface area (Å²) in [6.45, 7) is 3.84. The van der Waals surface area contributed by atoms with E-state index in [1.165, 1.54) is 6.07 Å². The molecule has 1 aromatic carbocycles. The van der Waals surface area contributed by atoms with E-state index in [2.05, 4.69) is 5.92 Å². The maximum absolute atomic E-state index is 13.0. The number of sulfone groups is 1. The van der Waals surface area contributed by atoms with E-state index in [9.17, 15) is 16.8 Å². The van der Waals surface area contributed by atoms with Gasteiger partial charge in [0.1, 0.15) is 5.75 Å². The quantitative estimate of drug-likeness (QED) is 0.702. The van der Waals surface area contributed by atoms with Crippen molar-refractivity contribution in [2.75, 3.05) is 24.7 Å². The Bertz CT molecular complexity index is 853. The molecule has 0 aromatic heterocycles. The largest absolute Gasteiger partial charge is 0.494 e. The van der Waals surface area contributed by atoms with Gasteiger partial charge in [-0.15, -0.1) is 6.42 Å². The van der Waals surface area contributed by atoms with Gasteiger partial charge in [-0.05, 0) is 44.0 Å². The Hall–Kier alpha value is -1.56. The van der Waals surface area contributed by atoms with Crippen molar-refractivity contribution < 1.29 is 21.6 Å². The molecule has 0 aliphatic carbocycles. The zero-order chi connectivity index (χ0) is 18.0. The summed E-state index contributed by atoms with van der Waals surface area (Å²) in [5.74, 6) is 2.70. The van der Waals surface area contributed by atoms with Crippen LogP contribution < -0.4 is 4.74 Å². The van der Waals surface area contributed by atoms with E-state index in [1.54, 1.807) is 19.1 Å². The lowest BCUT2D eigenvalue weighted by Crippen LogP contribution is -2.41. The molecule has 1 aromatic rings. The van der Waals surface area contributed by atoms with E-state index in [1.807, 2.05) is 6.92 Å². The molecule has 24 heavy (non-hydrogen) atoms. The van der Waals surface area contributed by atoms with E-state index in [4.69, 9.17) is 11.2 Å². The minimum absolute atomic E-state index is 0.0173. The molecule has 0 radical (unpaired) electrons. The van der Waals surface area contributed by atoms with E-state index in [-0.39, 0.29) is 29.4 Å². The molecular weight excluding hydrogens is 350 g/mol. The van der Waals surface area contributed by atoms with Crippen LogP contribution in [0.2, 0.25) is 0 Å². The molecule has 132 valence electrons. The van der Waals surface area contributed by atoms with E-state index >= 15 is 0 Å². The minimum atomic E-state index is -3.89. The van der Waals surface area contributed by atoms with Crippen molar-refractivity contribution in [2.45, 2.75) is 31.2 Å². The van der Waals surface area contributed by atoms with Crippen LogP contribution in [-0.2, 0) is 19.9 Å². The topological polar surface area (TPSA) is 80.8 Å². The van der Waals surface area contributed by atoms with Crippen LogP contribution in [0, 0.1) is 19.3 Å². The number of terminal acetylenes is 1. The number of rotatable bonds is 6. The third-order valence-electron chi connectivity index (χ3n) is 3.91. The lowest BCUT2D eigenvalue weighted by Gasteiger charge is -2.26. The molecule has 1 fully saturated rings. The van der Waals surface area contributed by atoms with Gasteiger partial charge in [-0.1, -0.05) is 5.92 Å². The maximum Gasteiger partial charge on any atom is 0.244 e. The molecule has 6 nitrogen and oxygen atoms in total. The Morgan fingerprint density at radius 2 is 2.12 bits per heavy atom. The number of hydrogen-bond acceptors (Lipinski definition) is 5. The lowest BCUT2D eigenvalue weighted by atomic mass is 10.2. The predicted octanol–water partition coefficient (Wildman–Crippen LogP) is 1.20. The number of hydrogen-bond donors (Lipinski definition) is 0. The lowest BCUT2D eigenvalue weighted by molar-refractivity contribution is 0.339. The van der Waals surface area contributed by atoms with Crippen LogP contribution in [0.1, 0.15) is 18.9 Å². The van der Waals surface area contributed by atoms with Gasteiger partial charge in [0.15, 0.2) is 9.84 Å². The van der Waals surface area contributed by atoms with Crippen molar-refractivity contribution in [3.63, 3.8) is 0 Å². The summed E-state index contributed by atoms with van der Waals surface area (Å²) in [6, 6.07) is 4.09. The number of nitrogens with zero attached hydrogens (tertiary/aromatic N) is 1. The molecule has 0 unspecified atom stereocenters. The first-order chi connectivity index (χ1) is 11.2. The predicted molar refractivity (Wildman–Crippen MR) is 92.1 cm³/mol. The number of sulfonamides is 1. The average molecular weight is 371 g/mol. The normalized spacial score (nSPS) is 20.0. The van der Waals surface area contributed by atoms with Crippen molar-refractivity contribution >= 4 is 19.9 Å². The molecule has 0 bridgehead atoms. The van der Waals surface area contributed by atoms with Gasteiger partial charge < -0.3 is 4.74 Å². The first kappa shape index (κ1) is 18.8. The Kier molecular flexibility index (Phi) is 5.58. The molecular formula is C16H21NO5S2. The second-order valence-electron chi connectivity index (χ2n) is 5.67. The number of ether oxygens (including phenoxy) is 1. The third-order valence-corrected chi connectivity index (χ3v) is 7.72. The summed E-state index contributed by atoms with van der Waals surface area (Å²) in [4.78, 5) is 0.116. The van der Waals surface area contributed by atoms with Crippen molar-refractivity contribution in [3.8, 4) is 18.1 Å². The highest BCUT2D eigenvalue weighted by Gasteiger charge is 2.38. The molecule has 0 saturated carbocycles. The van der Waals surface area contributed by atoms with Gasteiger partial charge in [-0.25, -0.2) is 16.8 Å². The van der Waals surface area contributed by atoms with Gasteiger partial charge in [0.2, 0.25) is 10.0 Å². The zero-order valence-electron chi connectivity index (χ0n) is 13.7. The standard InChI is InChI=1S/C16H21NO5S2/c1-4-9-17(14-8-10-23(18,19)12-14)24(20,21)16-7-6-15(22-5-2)11-13(16)3/h1,6-7,11,14H,5,8-10,12H2,2-3H3/t14-/m0/s1. The molecule has 8 heteroatoms. The average Bonchev–Trinajstić information content (AvgIpc) is 2.84. The summed E-state index contributed by atoms with van der Waals surface area (Å²) >= 11 is 0. The van der Waals surface area contributed by atoms with Gasteiger partial charge in [0.25, 0.3) is 0 Å². The molecule has 0 spiro atoms. The molecule has 1 aliphatic rings.